The molecule has 1 N–H and O–H groups in total. The number of nitrogens with zero attached hydrogens (tertiary/aromatic N) is 2. The number of hydrogen-bond donors (Lipinski definition) is 1. The van der Waals surface area contributed by atoms with Crippen molar-refractivity contribution >= 4 is 33.2 Å². The molecule has 0 aliphatic heterocycles. The molecule has 2 aromatic rings. The Labute approximate surface area is 120 Å². The van der Waals surface area contributed by atoms with Crippen LogP contribution in [-0.2, 0) is 16.6 Å². The normalized spacial score (nSPS) is 11.5. The van der Waals surface area contributed by atoms with Gasteiger partial charge >= 0.3 is 0 Å². The van der Waals surface area contributed by atoms with Crippen LogP contribution in [0.5, 0.6) is 0 Å². The van der Waals surface area contributed by atoms with Crippen LogP contribution in [0.2, 0.25) is 10.2 Å². The van der Waals surface area contributed by atoms with Gasteiger partial charge in [0.25, 0.3) is 0 Å². The molecule has 0 aliphatic rings. The predicted octanol–water partition coefficient (Wildman–Crippen LogP) is 2.26. The number of aromatic nitrogens is 2. The highest BCUT2D eigenvalue weighted by Gasteiger charge is 2.15. The van der Waals surface area contributed by atoms with Crippen LogP contribution in [0.4, 0.5) is 0 Å². The van der Waals surface area contributed by atoms with Crippen molar-refractivity contribution < 1.29 is 8.42 Å². The van der Waals surface area contributed by atoms with E-state index < -0.39 is 10.0 Å². The van der Waals surface area contributed by atoms with Crippen LogP contribution in [-0.4, -0.2) is 18.4 Å². The van der Waals surface area contributed by atoms with Gasteiger partial charge in [-0.15, -0.1) is 0 Å². The quantitative estimate of drug-likeness (QED) is 0.878. The molecule has 100 valence electrons. The summed E-state index contributed by atoms with van der Waals surface area (Å²) >= 11 is 11.4. The maximum absolute atomic E-state index is 12.0. The smallest absolute Gasteiger partial charge is 0.242 e. The highest BCUT2D eigenvalue weighted by Crippen LogP contribution is 2.22. The van der Waals surface area contributed by atoms with Crippen molar-refractivity contribution in [3.05, 3.63) is 52.5 Å². The van der Waals surface area contributed by atoms with Crippen molar-refractivity contribution in [2.75, 3.05) is 0 Å². The van der Waals surface area contributed by atoms with Crippen molar-refractivity contribution in [1.82, 2.24) is 14.7 Å². The van der Waals surface area contributed by atoms with Gasteiger partial charge in [-0.05, 0) is 17.7 Å². The van der Waals surface area contributed by atoms with Gasteiger partial charge in [-0.1, -0.05) is 29.3 Å². The number of sulfonamides is 1. The molecular formula is C11H9Cl2N3O2S. The Bertz CT molecular complexity index is 678. The van der Waals surface area contributed by atoms with Gasteiger partial charge in [0.15, 0.2) is 0 Å². The van der Waals surface area contributed by atoms with Crippen molar-refractivity contribution in [1.29, 1.82) is 0 Å². The topological polar surface area (TPSA) is 72.0 Å². The monoisotopic (exact) mass is 317 g/mol. The van der Waals surface area contributed by atoms with Crippen LogP contribution < -0.4 is 4.72 Å². The summed E-state index contributed by atoms with van der Waals surface area (Å²) in [4.78, 5) is 7.56. The lowest BCUT2D eigenvalue weighted by molar-refractivity contribution is 0.581. The summed E-state index contributed by atoms with van der Waals surface area (Å²) in [5.41, 5.74) is 0.749. The molecule has 8 heteroatoms. The molecular weight excluding hydrogens is 309 g/mol. The minimum absolute atomic E-state index is 0.0363. The van der Waals surface area contributed by atoms with E-state index in [1.807, 2.05) is 0 Å². The van der Waals surface area contributed by atoms with Gasteiger partial charge in [0.05, 0.1) is 5.02 Å². The van der Waals surface area contributed by atoms with Gasteiger partial charge < -0.3 is 0 Å². The largest absolute Gasteiger partial charge is 0.264 e. The Morgan fingerprint density at radius 1 is 1.26 bits per heavy atom. The summed E-state index contributed by atoms with van der Waals surface area (Å²) in [6.07, 6.45) is 4.34. The van der Waals surface area contributed by atoms with Crippen LogP contribution in [0, 0.1) is 0 Å². The molecule has 0 fully saturated rings. The van der Waals surface area contributed by atoms with Crippen LogP contribution in [0.25, 0.3) is 0 Å². The molecule has 0 amide bonds. The lowest BCUT2D eigenvalue weighted by atomic mass is 10.3. The summed E-state index contributed by atoms with van der Waals surface area (Å²) in [5, 5.41) is 0.152. The van der Waals surface area contributed by atoms with Gasteiger partial charge in [0, 0.05) is 25.1 Å². The minimum atomic E-state index is -3.68. The number of pyridine rings is 2. The van der Waals surface area contributed by atoms with E-state index in [2.05, 4.69) is 14.7 Å². The molecule has 0 aromatic carbocycles. The lowest BCUT2D eigenvalue weighted by Crippen LogP contribution is -2.23. The summed E-state index contributed by atoms with van der Waals surface area (Å²) in [6.45, 7) is 0.135. The molecule has 0 saturated carbocycles. The minimum Gasteiger partial charge on any atom is -0.264 e. The molecule has 0 radical (unpaired) electrons. The number of hydrogen-bond acceptors (Lipinski definition) is 4. The third-order valence-electron chi connectivity index (χ3n) is 2.27. The van der Waals surface area contributed by atoms with E-state index in [4.69, 9.17) is 23.2 Å². The van der Waals surface area contributed by atoms with Gasteiger partial charge in [-0.3, -0.25) is 4.98 Å². The Kier molecular flexibility index (Phi) is 4.36. The fraction of sp³-hybridized carbons (Fsp3) is 0.0909. The van der Waals surface area contributed by atoms with Crippen LogP contribution in [0.1, 0.15) is 5.56 Å². The third kappa shape index (κ3) is 3.63. The Morgan fingerprint density at radius 2 is 2.05 bits per heavy atom. The maximum atomic E-state index is 12.0. The van der Waals surface area contributed by atoms with E-state index in [0.717, 1.165) is 11.8 Å². The molecule has 0 spiro atoms. The fourth-order valence-corrected chi connectivity index (χ4v) is 2.64. The fourth-order valence-electron chi connectivity index (χ4n) is 1.32. The first-order valence-corrected chi connectivity index (χ1v) is 7.42. The molecule has 2 heterocycles. The van der Waals surface area contributed by atoms with E-state index in [-0.39, 0.29) is 21.6 Å². The first-order chi connectivity index (χ1) is 8.99. The van der Waals surface area contributed by atoms with Gasteiger partial charge in [-0.25, -0.2) is 18.1 Å². The highest BCUT2D eigenvalue weighted by molar-refractivity contribution is 7.89. The SMILES string of the molecule is O=S(=O)(NCc1cccnc1)c1cnc(Cl)c(Cl)c1. The Hall–Kier alpha value is -1.21. The second-order valence-electron chi connectivity index (χ2n) is 3.63. The second-order valence-corrected chi connectivity index (χ2v) is 6.16. The molecule has 5 nitrogen and oxygen atoms in total. The average Bonchev–Trinajstić information content (AvgIpc) is 2.41. The van der Waals surface area contributed by atoms with Crippen molar-refractivity contribution in [2.45, 2.75) is 11.4 Å². The second kappa shape index (κ2) is 5.83. The van der Waals surface area contributed by atoms with Crippen LogP contribution >= 0.6 is 23.2 Å². The van der Waals surface area contributed by atoms with Crippen LogP contribution in [0.3, 0.4) is 0 Å². The summed E-state index contributed by atoms with van der Waals surface area (Å²) in [7, 11) is -3.68. The molecule has 0 bridgehead atoms. The Balaban J connectivity index is 2.16. The van der Waals surface area contributed by atoms with Crippen molar-refractivity contribution in [3.8, 4) is 0 Å². The van der Waals surface area contributed by atoms with E-state index in [1.54, 1.807) is 24.5 Å². The molecule has 2 aromatic heterocycles. The van der Waals surface area contributed by atoms with Crippen molar-refractivity contribution in [3.63, 3.8) is 0 Å². The predicted molar refractivity (Wildman–Crippen MR) is 72.5 cm³/mol. The molecule has 0 aliphatic carbocycles. The third-order valence-corrected chi connectivity index (χ3v) is 4.32. The maximum Gasteiger partial charge on any atom is 0.242 e. The van der Waals surface area contributed by atoms with E-state index in [0.29, 0.717) is 0 Å². The summed E-state index contributed by atoms with van der Waals surface area (Å²) in [6, 6.07) is 4.75. The first-order valence-electron chi connectivity index (χ1n) is 5.18. The van der Waals surface area contributed by atoms with Gasteiger partial charge in [-0.2, -0.15) is 0 Å². The Morgan fingerprint density at radius 3 is 2.68 bits per heavy atom. The van der Waals surface area contributed by atoms with Crippen LogP contribution in [0.15, 0.2) is 41.7 Å². The van der Waals surface area contributed by atoms with Gasteiger partial charge in [0.2, 0.25) is 10.0 Å². The number of nitrogens with one attached hydrogen (secondary N) is 1. The summed E-state index contributed by atoms with van der Waals surface area (Å²) < 4.78 is 26.4. The van der Waals surface area contributed by atoms with E-state index >= 15 is 0 Å². The molecule has 0 atom stereocenters. The number of halogens is 2. The molecule has 0 unspecified atom stereocenters. The number of rotatable bonds is 4. The zero-order valence-corrected chi connectivity index (χ0v) is 11.9. The highest BCUT2D eigenvalue weighted by atomic mass is 35.5. The zero-order valence-electron chi connectivity index (χ0n) is 9.55. The lowest BCUT2D eigenvalue weighted by Gasteiger charge is -2.07. The van der Waals surface area contributed by atoms with Gasteiger partial charge in [0.1, 0.15) is 10.0 Å². The van der Waals surface area contributed by atoms with E-state index in [9.17, 15) is 8.42 Å². The molecule has 2 rings (SSSR count). The zero-order chi connectivity index (χ0) is 13.9. The summed E-state index contributed by atoms with van der Waals surface area (Å²) in [5.74, 6) is 0. The molecule has 19 heavy (non-hydrogen) atoms. The first kappa shape index (κ1) is 14.2. The average molecular weight is 318 g/mol. The standard InChI is InChI=1S/C11H9Cl2N3O2S/c12-10-4-9(7-15-11(10)13)19(17,18)16-6-8-2-1-3-14-5-8/h1-5,7,16H,6H2. The molecule has 0 saturated heterocycles. The van der Waals surface area contributed by atoms with E-state index in [1.165, 1.54) is 6.07 Å². The van der Waals surface area contributed by atoms with Crippen molar-refractivity contribution in [2.24, 2.45) is 0 Å².